The van der Waals surface area contributed by atoms with Gasteiger partial charge >= 0.3 is 0 Å². The summed E-state index contributed by atoms with van der Waals surface area (Å²) in [5.41, 5.74) is 0. The van der Waals surface area contributed by atoms with Crippen LogP contribution in [0.2, 0.25) is 0 Å². The van der Waals surface area contributed by atoms with Gasteiger partial charge < -0.3 is 4.62 Å². The lowest BCUT2D eigenvalue weighted by Gasteiger charge is -1.64. The predicted molar refractivity (Wildman–Crippen MR) is 17.3 cm³/mol. The zero-order chi connectivity index (χ0) is 4.12. The Bertz CT molecular complexity index is 36.2. The summed E-state index contributed by atoms with van der Waals surface area (Å²) in [6.45, 7) is 0. The molecule has 4 nitrogen and oxygen atoms in total. The molecule has 0 N–H and O–H groups in total. The van der Waals surface area contributed by atoms with Gasteiger partial charge in [-0.15, -0.1) is 4.91 Å². The van der Waals surface area contributed by atoms with Crippen LogP contribution in [0.1, 0.15) is 0 Å². The van der Waals surface area contributed by atoms with Crippen LogP contribution in [0, 0.1) is 4.91 Å². The van der Waals surface area contributed by atoms with Crippen LogP contribution in [0.4, 0.5) is 0 Å². The van der Waals surface area contributed by atoms with Crippen LogP contribution in [0.25, 0.3) is 0 Å². The SMILES string of the molecule is O=NO[PH2]=O. The molecule has 0 saturated heterocycles. The maximum Gasteiger partial charge on any atom is 0.257 e. The summed E-state index contributed by atoms with van der Waals surface area (Å²) in [6.07, 6.45) is 0. The zero-order valence-corrected chi connectivity index (χ0v) is 3.40. The van der Waals surface area contributed by atoms with Gasteiger partial charge in [-0.05, 0) is 0 Å². The summed E-state index contributed by atoms with van der Waals surface area (Å²) >= 11 is 0. The van der Waals surface area contributed by atoms with Crippen molar-refractivity contribution in [1.29, 1.82) is 0 Å². The third-order valence-corrected chi connectivity index (χ3v) is 0.258. The van der Waals surface area contributed by atoms with Gasteiger partial charge in [-0.1, -0.05) is 0 Å². The van der Waals surface area contributed by atoms with Crippen molar-refractivity contribution in [3.05, 3.63) is 4.91 Å². The number of rotatable bonds is 2. The summed E-state index contributed by atoms with van der Waals surface area (Å²) < 4.78 is 12.5. The molecule has 0 radical (unpaired) electrons. The van der Waals surface area contributed by atoms with Crippen molar-refractivity contribution in [3.8, 4) is 0 Å². The molecule has 0 aromatic rings. The third-order valence-electron chi connectivity index (χ3n) is 0.0861. The predicted octanol–water partition coefficient (Wildman–Crippen LogP) is 0.356. The van der Waals surface area contributed by atoms with E-state index in [0.29, 0.717) is 0 Å². The van der Waals surface area contributed by atoms with Crippen molar-refractivity contribution in [3.63, 3.8) is 0 Å². The minimum Gasteiger partial charge on any atom is -0.313 e. The smallest absolute Gasteiger partial charge is 0.257 e. The van der Waals surface area contributed by atoms with Gasteiger partial charge in [0, 0.05) is 0 Å². The van der Waals surface area contributed by atoms with E-state index < -0.39 is 8.69 Å². The Kier molecular flexibility index (Phi) is 3.36. The van der Waals surface area contributed by atoms with Crippen LogP contribution < -0.4 is 0 Å². The molecular weight excluding hydrogens is 93.0 g/mol. The van der Waals surface area contributed by atoms with Gasteiger partial charge in [-0.3, -0.25) is 4.57 Å². The average Bonchev–Trinajstić information content (AvgIpc) is 1.41. The molecule has 0 aromatic heterocycles. The standard InChI is InChI=1S/H2NO3P/c2-1-4-5-3/h5H2. The van der Waals surface area contributed by atoms with E-state index in [9.17, 15) is 0 Å². The molecule has 1 unspecified atom stereocenters. The Balaban J connectivity index is 2.65. The molecular formula is H2NO3P. The van der Waals surface area contributed by atoms with E-state index in [2.05, 4.69) is 4.62 Å². The van der Waals surface area contributed by atoms with E-state index in [4.69, 9.17) is 9.47 Å². The van der Waals surface area contributed by atoms with Gasteiger partial charge in [-0.25, -0.2) is 0 Å². The second kappa shape index (κ2) is 3.63. The van der Waals surface area contributed by atoms with Crippen molar-refractivity contribution in [2.24, 2.45) is 5.34 Å². The van der Waals surface area contributed by atoms with Gasteiger partial charge in [-0.2, -0.15) is 0 Å². The fourth-order valence-electron chi connectivity index (χ4n) is 0.0176. The van der Waals surface area contributed by atoms with Crippen LogP contribution in [-0.2, 0) is 9.19 Å². The maximum atomic E-state index is 9.10. The lowest BCUT2D eigenvalue weighted by molar-refractivity contribution is 0.361. The summed E-state index contributed by atoms with van der Waals surface area (Å²) in [4.78, 5) is 8.75. The number of hydrogen-bond donors (Lipinski definition) is 0. The van der Waals surface area contributed by atoms with Crippen LogP contribution in [0.3, 0.4) is 0 Å². The summed E-state index contributed by atoms with van der Waals surface area (Å²) in [6, 6.07) is 0. The molecule has 5 heavy (non-hydrogen) atoms. The number of hydrogen-bond acceptors (Lipinski definition) is 4. The van der Waals surface area contributed by atoms with Crippen LogP contribution in [0.5, 0.6) is 0 Å². The molecule has 0 fully saturated rings. The molecule has 0 aliphatic carbocycles. The molecule has 0 aromatic carbocycles. The molecule has 0 bridgehead atoms. The van der Waals surface area contributed by atoms with E-state index in [-0.39, 0.29) is 0 Å². The fourth-order valence-corrected chi connectivity index (χ4v) is 0.0527. The first-order valence-corrected chi connectivity index (χ1v) is 1.78. The van der Waals surface area contributed by atoms with E-state index in [0.717, 1.165) is 0 Å². The topological polar surface area (TPSA) is 55.7 Å². The van der Waals surface area contributed by atoms with Crippen LogP contribution in [-0.4, -0.2) is 0 Å². The second-order valence-corrected chi connectivity index (χ2v) is 0.679. The summed E-state index contributed by atoms with van der Waals surface area (Å²) in [7, 11) is -1.44. The monoisotopic (exact) mass is 95.0 g/mol. The molecule has 0 spiro atoms. The molecule has 0 rings (SSSR count). The summed E-state index contributed by atoms with van der Waals surface area (Å²) in [5, 5.41) is 1.83. The molecule has 0 aliphatic rings. The van der Waals surface area contributed by atoms with Gasteiger partial charge in [0.1, 0.15) is 0 Å². The molecule has 0 saturated carbocycles. The third kappa shape index (κ3) is 3.63. The molecule has 0 amide bonds. The van der Waals surface area contributed by atoms with E-state index in [1.165, 1.54) is 0 Å². The molecule has 1 atom stereocenters. The van der Waals surface area contributed by atoms with Crippen molar-refractivity contribution in [1.82, 2.24) is 0 Å². The largest absolute Gasteiger partial charge is 0.313 e. The Hall–Kier alpha value is -0.370. The highest BCUT2D eigenvalue weighted by Gasteiger charge is 1.56. The first kappa shape index (κ1) is 4.63. The lowest BCUT2D eigenvalue weighted by atomic mass is 13.4. The first-order chi connectivity index (χ1) is 2.41. The van der Waals surface area contributed by atoms with Gasteiger partial charge in [0.25, 0.3) is 8.69 Å². The van der Waals surface area contributed by atoms with E-state index in [1.807, 2.05) is 5.34 Å². The molecule has 5 heteroatoms. The molecule has 0 heterocycles. The highest BCUT2D eigenvalue weighted by Crippen LogP contribution is 1.90. The Morgan fingerprint density at radius 3 is 2.40 bits per heavy atom. The van der Waals surface area contributed by atoms with Gasteiger partial charge in [0.05, 0.1) is 0 Å². The molecule has 30 valence electrons. The minimum absolute atomic E-state index is 1.44. The normalized spacial score (nSPS) is 8.80. The van der Waals surface area contributed by atoms with E-state index >= 15 is 0 Å². The lowest BCUT2D eigenvalue weighted by Crippen LogP contribution is -1.41. The minimum atomic E-state index is -1.44. The average molecular weight is 95.0 g/mol. The van der Waals surface area contributed by atoms with Crippen LogP contribution >= 0.6 is 8.69 Å². The van der Waals surface area contributed by atoms with E-state index in [1.54, 1.807) is 0 Å². The Morgan fingerprint density at radius 2 is 2.40 bits per heavy atom. The van der Waals surface area contributed by atoms with Crippen molar-refractivity contribution in [2.45, 2.75) is 0 Å². The zero-order valence-electron chi connectivity index (χ0n) is 2.25. The Labute approximate surface area is 29.3 Å². The highest BCUT2D eigenvalue weighted by molar-refractivity contribution is 7.17. The quantitative estimate of drug-likeness (QED) is 0.282. The number of nitrogens with zero attached hydrogens (tertiary/aromatic N) is 1. The second-order valence-electron chi connectivity index (χ2n) is 0.276. The maximum absolute atomic E-state index is 9.10. The highest BCUT2D eigenvalue weighted by atomic mass is 31.1. The van der Waals surface area contributed by atoms with Gasteiger partial charge in [0.2, 0.25) is 0 Å². The van der Waals surface area contributed by atoms with Crippen molar-refractivity contribution >= 4 is 8.69 Å². The molecule has 0 aliphatic heterocycles. The van der Waals surface area contributed by atoms with Crippen molar-refractivity contribution in [2.75, 3.05) is 0 Å². The van der Waals surface area contributed by atoms with Crippen LogP contribution in [0.15, 0.2) is 5.34 Å². The first-order valence-electron chi connectivity index (χ1n) is 0.837. The summed E-state index contributed by atoms with van der Waals surface area (Å²) in [5.74, 6) is 0. The Morgan fingerprint density at radius 1 is 1.80 bits per heavy atom. The van der Waals surface area contributed by atoms with Crippen molar-refractivity contribution < 1.29 is 9.19 Å². The van der Waals surface area contributed by atoms with Gasteiger partial charge in [0.15, 0.2) is 5.34 Å². The fraction of sp³-hybridized carbons (Fsp3) is 0.